The van der Waals surface area contributed by atoms with Crippen LogP contribution >= 0.6 is 11.3 Å². The Morgan fingerprint density at radius 2 is 1.77 bits per heavy atom. The van der Waals surface area contributed by atoms with Crippen molar-refractivity contribution in [2.45, 2.75) is 6.18 Å². The van der Waals surface area contributed by atoms with Crippen LogP contribution in [-0.4, -0.2) is 14.6 Å². The van der Waals surface area contributed by atoms with Crippen LogP contribution in [0.4, 0.5) is 13.2 Å². The van der Waals surface area contributed by atoms with Gasteiger partial charge < -0.3 is 0 Å². The van der Waals surface area contributed by atoms with Gasteiger partial charge in [0, 0.05) is 5.56 Å². The molecule has 0 spiro atoms. The molecule has 7 heteroatoms. The van der Waals surface area contributed by atoms with Crippen molar-refractivity contribution in [3.63, 3.8) is 0 Å². The van der Waals surface area contributed by atoms with Gasteiger partial charge in [-0.1, -0.05) is 35.6 Å². The minimum absolute atomic E-state index is 0.394. The van der Waals surface area contributed by atoms with Gasteiger partial charge in [0.2, 0.25) is 4.96 Å². The number of hydrogen-bond acceptors (Lipinski definition) is 3. The number of para-hydroxylation sites is 1. The Balaban J connectivity index is 1.98. The van der Waals surface area contributed by atoms with E-state index in [1.165, 1.54) is 17.4 Å². The van der Waals surface area contributed by atoms with Crippen LogP contribution in [0, 0.1) is 0 Å². The molecule has 2 heterocycles. The normalized spacial score (nSPS) is 12.3. The molecule has 0 saturated heterocycles. The van der Waals surface area contributed by atoms with Crippen molar-refractivity contribution in [3.8, 4) is 11.4 Å². The van der Waals surface area contributed by atoms with E-state index in [1.54, 1.807) is 10.5 Å². The average Bonchev–Trinajstić information content (AvgIpc) is 3.05. The highest BCUT2D eigenvalue weighted by atomic mass is 32.1. The van der Waals surface area contributed by atoms with Crippen LogP contribution in [0.3, 0.4) is 0 Å². The second-order valence-corrected chi connectivity index (χ2v) is 5.80. The van der Waals surface area contributed by atoms with Gasteiger partial charge in [-0.3, -0.25) is 4.40 Å². The molecule has 4 rings (SSSR count). The van der Waals surface area contributed by atoms with Gasteiger partial charge in [-0.15, -0.1) is 10.2 Å². The third kappa shape index (κ3) is 1.97. The first-order valence-corrected chi connectivity index (χ1v) is 7.26. The lowest BCUT2D eigenvalue weighted by molar-refractivity contribution is -0.137. The Morgan fingerprint density at radius 1 is 0.955 bits per heavy atom. The third-order valence-corrected chi connectivity index (χ3v) is 4.40. The SMILES string of the molecule is FC(F)(F)c1cccc(-c2nnc3sc4ccccc4n23)c1. The summed E-state index contributed by atoms with van der Waals surface area (Å²) in [5.41, 5.74) is 0.590. The van der Waals surface area contributed by atoms with E-state index in [4.69, 9.17) is 0 Å². The molecule has 22 heavy (non-hydrogen) atoms. The summed E-state index contributed by atoms with van der Waals surface area (Å²) in [5.74, 6) is 0.415. The molecule has 0 aliphatic carbocycles. The standard InChI is InChI=1S/C15H8F3N3S/c16-15(17,18)10-5-3-4-9(8-10)13-19-20-14-21(13)11-6-1-2-7-12(11)22-14/h1-8H. The topological polar surface area (TPSA) is 30.2 Å². The van der Waals surface area contributed by atoms with Crippen molar-refractivity contribution in [2.75, 3.05) is 0 Å². The Hall–Kier alpha value is -2.41. The number of benzene rings is 2. The summed E-state index contributed by atoms with van der Waals surface area (Å²) in [5, 5.41) is 8.13. The lowest BCUT2D eigenvalue weighted by Gasteiger charge is -2.07. The molecule has 0 amide bonds. The first-order chi connectivity index (χ1) is 10.5. The van der Waals surface area contributed by atoms with Crippen molar-refractivity contribution in [3.05, 3.63) is 54.1 Å². The van der Waals surface area contributed by atoms with Gasteiger partial charge in [0.1, 0.15) is 0 Å². The van der Waals surface area contributed by atoms with Crippen LogP contribution in [0.2, 0.25) is 0 Å². The van der Waals surface area contributed by atoms with Crippen molar-refractivity contribution >= 4 is 26.5 Å². The van der Waals surface area contributed by atoms with Crippen molar-refractivity contribution in [1.29, 1.82) is 0 Å². The number of aromatic nitrogens is 3. The van der Waals surface area contributed by atoms with Crippen LogP contribution in [0.25, 0.3) is 26.6 Å². The molecule has 3 nitrogen and oxygen atoms in total. The van der Waals surface area contributed by atoms with Crippen LogP contribution < -0.4 is 0 Å². The summed E-state index contributed by atoms with van der Waals surface area (Å²) in [6.07, 6.45) is -4.38. The van der Waals surface area contributed by atoms with E-state index >= 15 is 0 Å². The zero-order valence-corrected chi connectivity index (χ0v) is 11.8. The molecular weight excluding hydrogens is 311 g/mol. The predicted molar refractivity (Wildman–Crippen MR) is 78.8 cm³/mol. The summed E-state index contributed by atoms with van der Waals surface area (Å²) < 4.78 is 41.4. The highest BCUT2D eigenvalue weighted by Crippen LogP contribution is 2.34. The van der Waals surface area contributed by atoms with Crippen LogP contribution in [0.1, 0.15) is 5.56 Å². The van der Waals surface area contributed by atoms with Gasteiger partial charge in [-0.25, -0.2) is 0 Å². The predicted octanol–water partition coefficient (Wildman–Crippen LogP) is 4.63. The Bertz CT molecular complexity index is 984. The first kappa shape index (κ1) is 13.3. The summed E-state index contributed by atoms with van der Waals surface area (Å²) in [4.78, 5) is 0.661. The fourth-order valence-corrected chi connectivity index (χ4v) is 3.37. The van der Waals surface area contributed by atoms with E-state index in [1.807, 2.05) is 24.3 Å². The molecule has 0 unspecified atom stereocenters. The molecule has 0 N–H and O–H groups in total. The maximum absolute atomic E-state index is 12.9. The van der Waals surface area contributed by atoms with Crippen molar-refractivity contribution in [1.82, 2.24) is 14.6 Å². The highest BCUT2D eigenvalue weighted by molar-refractivity contribution is 7.23. The molecule has 0 radical (unpaired) electrons. The number of thiazole rings is 1. The number of nitrogens with zero attached hydrogens (tertiary/aromatic N) is 3. The molecule has 2 aromatic heterocycles. The number of halogens is 3. The highest BCUT2D eigenvalue weighted by Gasteiger charge is 2.30. The maximum Gasteiger partial charge on any atom is 0.416 e. The number of hydrogen-bond donors (Lipinski definition) is 0. The molecular formula is C15H8F3N3S. The lowest BCUT2D eigenvalue weighted by Crippen LogP contribution is -2.04. The fourth-order valence-electron chi connectivity index (χ4n) is 2.40. The first-order valence-electron chi connectivity index (χ1n) is 6.44. The van der Waals surface area contributed by atoms with Gasteiger partial charge in [0.25, 0.3) is 0 Å². The van der Waals surface area contributed by atoms with Gasteiger partial charge in [-0.05, 0) is 24.3 Å². The minimum Gasteiger partial charge on any atom is -0.265 e. The Labute approximate surface area is 126 Å². The molecule has 0 aliphatic rings. The molecule has 0 bridgehead atoms. The minimum atomic E-state index is -4.38. The molecule has 110 valence electrons. The van der Waals surface area contributed by atoms with E-state index in [-0.39, 0.29) is 0 Å². The Morgan fingerprint density at radius 3 is 2.59 bits per heavy atom. The third-order valence-electron chi connectivity index (χ3n) is 3.39. The van der Waals surface area contributed by atoms with Crippen LogP contribution in [0.15, 0.2) is 48.5 Å². The van der Waals surface area contributed by atoms with Crippen molar-refractivity contribution < 1.29 is 13.2 Å². The molecule has 0 atom stereocenters. The maximum atomic E-state index is 12.9. The van der Waals surface area contributed by atoms with E-state index in [0.717, 1.165) is 22.3 Å². The zero-order chi connectivity index (χ0) is 15.3. The zero-order valence-electron chi connectivity index (χ0n) is 11.0. The number of rotatable bonds is 1. The molecule has 2 aromatic carbocycles. The molecule has 0 aliphatic heterocycles. The number of alkyl halides is 3. The van der Waals surface area contributed by atoms with E-state index in [9.17, 15) is 13.2 Å². The van der Waals surface area contributed by atoms with Crippen molar-refractivity contribution in [2.24, 2.45) is 0 Å². The van der Waals surface area contributed by atoms with Gasteiger partial charge in [-0.2, -0.15) is 13.2 Å². The smallest absolute Gasteiger partial charge is 0.265 e. The average molecular weight is 319 g/mol. The summed E-state index contributed by atoms with van der Waals surface area (Å²) in [7, 11) is 0. The molecule has 0 fully saturated rings. The van der Waals surface area contributed by atoms with E-state index < -0.39 is 11.7 Å². The fraction of sp³-hybridized carbons (Fsp3) is 0.0667. The van der Waals surface area contributed by atoms with Gasteiger partial charge in [0.15, 0.2) is 5.82 Å². The summed E-state index contributed by atoms with van der Waals surface area (Å²) in [6, 6.07) is 12.8. The quantitative estimate of drug-likeness (QED) is 0.512. The largest absolute Gasteiger partial charge is 0.416 e. The van der Waals surface area contributed by atoms with E-state index in [2.05, 4.69) is 10.2 Å². The lowest BCUT2D eigenvalue weighted by atomic mass is 10.1. The summed E-state index contributed by atoms with van der Waals surface area (Å²) >= 11 is 1.45. The van der Waals surface area contributed by atoms with Crippen LogP contribution in [-0.2, 0) is 6.18 Å². The van der Waals surface area contributed by atoms with Gasteiger partial charge in [0.05, 0.1) is 15.8 Å². The number of fused-ring (bicyclic) bond motifs is 3. The van der Waals surface area contributed by atoms with E-state index in [0.29, 0.717) is 16.3 Å². The van der Waals surface area contributed by atoms with Gasteiger partial charge >= 0.3 is 6.18 Å². The molecule has 0 saturated carbocycles. The molecule has 4 aromatic rings. The summed E-state index contributed by atoms with van der Waals surface area (Å²) in [6.45, 7) is 0. The second-order valence-electron chi connectivity index (χ2n) is 4.79. The Kier molecular flexibility index (Phi) is 2.74. The second kappa shape index (κ2) is 4.54. The monoisotopic (exact) mass is 319 g/mol. The van der Waals surface area contributed by atoms with Crippen LogP contribution in [0.5, 0.6) is 0 Å².